The lowest BCUT2D eigenvalue weighted by atomic mass is 10.0. The highest BCUT2D eigenvalue weighted by Gasteiger charge is 2.36. The summed E-state index contributed by atoms with van der Waals surface area (Å²) in [5.74, 6) is -1.08. The van der Waals surface area contributed by atoms with Crippen molar-refractivity contribution < 1.29 is 24.2 Å². The van der Waals surface area contributed by atoms with Crippen LogP contribution < -0.4 is 10.1 Å². The van der Waals surface area contributed by atoms with E-state index in [1.807, 2.05) is 13.8 Å². The topological polar surface area (TPSA) is 95.9 Å². The quantitative estimate of drug-likeness (QED) is 0.712. The predicted molar refractivity (Wildman–Crippen MR) is 101 cm³/mol. The van der Waals surface area contributed by atoms with Crippen molar-refractivity contribution in [3.8, 4) is 5.75 Å². The molecule has 0 aliphatic carbocycles. The minimum absolute atomic E-state index is 0.374. The minimum Gasteiger partial charge on any atom is -0.489 e. The summed E-state index contributed by atoms with van der Waals surface area (Å²) in [6, 6.07) is 1.78. The van der Waals surface area contributed by atoms with Gasteiger partial charge in [0.25, 0.3) is 5.91 Å². The Bertz CT molecular complexity index is 736. The van der Waals surface area contributed by atoms with E-state index in [0.717, 1.165) is 11.1 Å². The monoisotopic (exact) mass is 374 g/mol. The van der Waals surface area contributed by atoms with E-state index in [0.29, 0.717) is 37.3 Å². The molecule has 1 aromatic rings. The van der Waals surface area contributed by atoms with Crippen molar-refractivity contribution in [2.45, 2.75) is 45.7 Å². The van der Waals surface area contributed by atoms with Crippen molar-refractivity contribution in [2.24, 2.45) is 0 Å². The second-order valence-electron chi connectivity index (χ2n) is 6.76. The summed E-state index contributed by atoms with van der Waals surface area (Å²) in [5, 5.41) is 11.9. The smallest absolute Gasteiger partial charge is 0.326 e. The van der Waals surface area contributed by atoms with Crippen molar-refractivity contribution in [1.29, 1.82) is 0 Å². The van der Waals surface area contributed by atoms with E-state index in [1.165, 1.54) is 4.90 Å². The molecule has 2 unspecified atom stereocenters. The van der Waals surface area contributed by atoms with Gasteiger partial charge in [0.05, 0.1) is 0 Å². The van der Waals surface area contributed by atoms with Crippen LogP contribution in [0.25, 0.3) is 0 Å². The summed E-state index contributed by atoms with van der Waals surface area (Å²) in [6.45, 7) is 9.64. The second kappa shape index (κ2) is 8.70. The highest BCUT2D eigenvalue weighted by molar-refractivity contribution is 5.98. The number of carbonyl (C=O) groups excluding carboxylic acids is 2. The lowest BCUT2D eigenvalue weighted by molar-refractivity contribution is -0.148. The first-order valence-electron chi connectivity index (χ1n) is 8.95. The van der Waals surface area contributed by atoms with Crippen LogP contribution in [0.5, 0.6) is 5.75 Å². The van der Waals surface area contributed by atoms with Crippen LogP contribution in [0.4, 0.5) is 0 Å². The number of benzene rings is 1. The van der Waals surface area contributed by atoms with Crippen LogP contribution in [0, 0.1) is 13.8 Å². The molecule has 0 spiro atoms. The number of nitrogens with zero attached hydrogens (tertiary/aromatic N) is 1. The summed E-state index contributed by atoms with van der Waals surface area (Å²) < 4.78 is 5.61. The van der Waals surface area contributed by atoms with Gasteiger partial charge < -0.3 is 20.1 Å². The largest absolute Gasteiger partial charge is 0.489 e. The van der Waals surface area contributed by atoms with Crippen LogP contribution in [0.15, 0.2) is 24.8 Å². The Morgan fingerprint density at radius 2 is 2.00 bits per heavy atom. The van der Waals surface area contributed by atoms with E-state index in [2.05, 4.69) is 11.9 Å². The molecule has 2 rings (SSSR count). The second-order valence-corrected chi connectivity index (χ2v) is 6.76. The van der Waals surface area contributed by atoms with E-state index >= 15 is 0 Å². The van der Waals surface area contributed by atoms with Crippen molar-refractivity contribution in [3.05, 3.63) is 41.5 Å². The van der Waals surface area contributed by atoms with Gasteiger partial charge in [-0.2, -0.15) is 0 Å². The maximum absolute atomic E-state index is 12.6. The molecule has 0 radical (unpaired) electrons. The summed E-state index contributed by atoms with van der Waals surface area (Å²) in [4.78, 5) is 37.7. The Labute approximate surface area is 159 Å². The van der Waals surface area contributed by atoms with Gasteiger partial charge in [0.1, 0.15) is 24.4 Å². The number of carboxylic acids is 1. The Balaban J connectivity index is 2.09. The Morgan fingerprint density at radius 1 is 1.37 bits per heavy atom. The number of aryl methyl sites for hydroxylation is 2. The van der Waals surface area contributed by atoms with Crippen LogP contribution in [0.3, 0.4) is 0 Å². The van der Waals surface area contributed by atoms with Gasteiger partial charge in [-0.05, 0) is 56.9 Å². The number of carboxylic acid groups (broad SMARTS) is 1. The molecule has 1 aliphatic rings. The van der Waals surface area contributed by atoms with Crippen LogP contribution in [0.1, 0.15) is 41.3 Å². The number of nitrogens with one attached hydrogen (secondary N) is 1. The zero-order valence-corrected chi connectivity index (χ0v) is 15.9. The SMILES string of the molecule is C=CCOc1c(C)cc(C(=O)NC(C)C(=O)N2CCCC2C(=O)O)cc1C. The molecule has 146 valence electrons. The summed E-state index contributed by atoms with van der Waals surface area (Å²) >= 11 is 0. The lowest BCUT2D eigenvalue weighted by Gasteiger charge is -2.25. The van der Waals surface area contributed by atoms with E-state index < -0.39 is 18.1 Å². The fourth-order valence-corrected chi connectivity index (χ4v) is 3.33. The molecule has 1 heterocycles. The molecule has 0 saturated carbocycles. The summed E-state index contributed by atoms with van der Waals surface area (Å²) in [6.07, 6.45) is 2.73. The third-order valence-electron chi connectivity index (χ3n) is 4.61. The molecule has 2 atom stereocenters. The van der Waals surface area contributed by atoms with Crippen molar-refractivity contribution in [3.63, 3.8) is 0 Å². The van der Waals surface area contributed by atoms with Gasteiger partial charge in [-0.1, -0.05) is 12.7 Å². The molecule has 1 aromatic carbocycles. The fraction of sp³-hybridized carbons (Fsp3) is 0.450. The maximum atomic E-state index is 12.6. The Kier molecular flexibility index (Phi) is 6.60. The van der Waals surface area contributed by atoms with E-state index in [9.17, 15) is 19.5 Å². The number of hydrogen-bond donors (Lipinski definition) is 2. The molecule has 27 heavy (non-hydrogen) atoms. The zero-order valence-electron chi connectivity index (χ0n) is 15.9. The molecule has 1 fully saturated rings. The average Bonchev–Trinajstić information content (AvgIpc) is 3.10. The standard InChI is InChI=1S/C20H26N2O5/c1-5-9-27-17-12(2)10-15(11-13(17)3)18(23)21-14(4)19(24)22-8-6-7-16(22)20(25)26/h5,10-11,14,16H,1,6-9H2,2-4H3,(H,21,23)(H,25,26). The summed E-state index contributed by atoms with van der Waals surface area (Å²) in [5.41, 5.74) is 2.05. The molecule has 7 heteroatoms. The number of carbonyl (C=O) groups is 3. The first kappa shape index (κ1) is 20.5. The van der Waals surface area contributed by atoms with Gasteiger partial charge in [-0.15, -0.1) is 0 Å². The minimum atomic E-state index is -1.01. The highest BCUT2D eigenvalue weighted by Crippen LogP contribution is 2.25. The summed E-state index contributed by atoms with van der Waals surface area (Å²) in [7, 11) is 0. The third-order valence-corrected chi connectivity index (χ3v) is 4.61. The van der Waals surface area contributed by atoms with Gasteiger partial charge >= 0.3 is 5.97 Å². The molecule has 0 bridgehead atoms. The normalized spacial score (nSPS) is 17.3. The average molecular weight is 374 g/mol. The van der Waals surface area contributed by atoms with Crippen LogP contribution in [-0.2, 0) is 9.59 Å². The number of ether oxygens (including phenoxy) is 1. The molecular formula is C20H26N2O5. The predicted octanol–water partition coefficient (Wildman–Crippen LogP) is 2.06. The van der Waals surface area contributed by atoms with Crippen molar-refractivity contribution in [2.75, 3.05) is 13.2 Å². The van der Waals surface area contributed by atoms with E-state index in [1.54, 1.807) is 25.1 Å². The first-order chi connectivity index (χ1) is 12.8. The number of rotatable bonds is 7. The molecule has 2 N–H and O–H groups in total. The van der Waals surface area contributed by atoms with Crippen LogP contribution >= 0.6 is 0 Å². The number of hydrogen-bond acceptors (Lipinski definition) is 4. The highest BCUT2D eigenvalue weighted by atomic mass is 16.5. The molecule has 0 aromatic heterocycles. The Morgan fingerprint density at radius 3 is 2.56 bits per heavy atom. The Hall–Kier alpha value is -2.83. The van der Waals surface area contributed by atoms with Gasteiger partial charge in [0.2, 0.25) is 5.91 Å². The van der Waals surface area contributed by atoms with Crippen molar-refractivity contribution in [1.82, 2.24) is 10.2 Å². The molecule has 1 aliphatic heterocycles. The van der Waals surface area contributed by atoms with Crippen LogP contribution in [-0.4, -0.2) is 53.0 Å². The fourth-order valence-electron chi connectivity index (χ4n) is 3.33. The molecule has 7 nitrogen and oxygen atoms in total. The van der Waals surface area contributed by atoms with Crippen molar-refractivity contribution >= 4 is 17.8 Å². The van der Waals surface area contributed by atoms with Gasteiger partial charge in [0.15, 0.2) is 0 Å². The third kappa shape index (κ3) is 4.67. The van der Waals surface area contributed by atoms with E-state index in [-0.39, 0.29) is 11.8 Å². The molecular weight excluding hydrogens is 348 g/mol. The number of aliphatic carboxylic acids is 1. The number of likely N-dealkylation sites (tertiary alicyclic amines) is 1. The number of amides is 2. The lowest BCUT2D eigenvalue weighted by Crippen LogP contribution is -2.50. The van der Waals surface area contributed by atoms with Gasteiger partial charge in [-0.25, -0.2) is 4.79 Å². The van der Waals surface area contributed by atoms with Gasteiger partial charge in [-0.3, -0.25) is 9.59 Å². The first-order valence-corrected chi connectivity index (χ1v) is 8.95. The molecule has 2 amide bonds. The van der Waals surface area contributed by atoms with Crippen LogP contribution in [0.2, 0.25) is 0 Å². The zero-order chi connectivity index (χ0) is 20.1. The maximum Gasteiger partial charge on any atom is 0.326 e. The molecule has 1 saturated heterocycles. The van der Waals surface area contributed by atoms with Gasteiger partial charge in [0, 0.05) is 12.1 Å². The van der Waals surface area contributed by atoms with E-state index in [4.69, 9.17) is 4.74 Å².